The summed E-state index contributed by atoms with van der Waals surface area (Å²) in [6.07, 6.45) is 4.26. The molecule has 1 saturated carbocycles. The first-order valence-electron chi connectivity index (χ1n) is 8.82. The van der Waals surface area contributed by atoms with Gasteiger partial charge in [-0.1, -0.05) is 0 Å². The molecule has 6 nitrogen and oxygen atoms in total. The Labute approximate surface area is 154 Å². The maximum absolute atomic E-state index is 12.6. The molecule has 0 amide bonds. The van der Waals surface area contributed by atoms with Gasteiger partial charge in [-0.15, -0.1) is 11.3 Å². The molecule has 3 fully saturated rings. The van der Waals surface area contributed by atoms with Crippen LogP contribution in [0.15, 0.2) is 15.9 Å². The molecule has 1 aliphatic carbocycles. The van der Waals surface area contributed by atoms with Gasteiger partial charge in [0.15, 0.2) is 4.21 Å². The quantitative estimate of drug-likeness (QED) is 0.750. The Balaban J connectivity index is 1.41. The number of hydrogen-bond donors (Lipinski definition) is 0. The first-order valence-corrected chi connectivity index (χ1v) is 11.1. The highest BCUT2D eigenvalue weighted by Crippen LogP contribution is 2.67. The fourth-order valence-electron chi connectivity index (χ4n) is 4.02. The monoisotopic (exact) mass is 384 g/mol. The number of piperidine rings is 1. The van der Waals surface area contributed by atoms with E-state index in [9.17, 15) is 8.42 Å². The summed E-state index contributed by atoms with van der Waals surface area (Å²) in [6, 6.07) is 0. The number of nitrogens with zero attached hydrogens (tertiary/aromatic N) is 2. The molecule has 1 aromatic rings. The van der Waals surface area contributed by atoms with Crippen molar-refractivity contribution in [1.82, 2.24) is 9.29 Å². The smallest absolute Gasteiger partial charge is 0.403 e. The molecular weight excluding hydrogens is 359 g/mol. The lowest BCUT2D eigenvalue weighted by atomic mass is 9.74. The Morgan fingerprint density at radius 2 is 1.80 bits per heavy atom. The predicted octanol–water partition coefficient (Wildman–Crippen LogP) is 2.78. The zero-order chi connectivity index (χ0) is 18.1. The van der Waals surface area contributed by atoms with Crippen LogP contribution in [0, 0.1) is 5.41 Å². The van der Waals surface area contributed by atoms with Gasteiger partial charge >= 0.3 is 7.12 Å². The van der Waals surface area contributed by atoms with Crippen LogP contribution in [-0.4, -0.2) is 49.1 Å². The third-order valence-corrected chi connectivity index (χ3v) is 9.72. The molecule has 0 bridgehead atoms. The zero-order valence-corrected chi connectivity index (χ0v) is 16.8. The molecule has 1 atom stereocenters. The van der Waals surface area contributed by atoms with Gasteiger partial charge in [-0.05, 0) is 52.4 Å². The Kier molecular flexibility index (Phi) is 3.95. The molecule has 25 heavy (non-hydrogen) atoms. The number of hydrogen-bond acceptors (Lipinski definition) is 6. The van der Waals surface area contributed by atoms with Crippen LogP contribution in [-0.2, 0) is 19.3 Å². The summed E-state index contributed by atoms with van der Waals surface area (Å²) < 4.78 is 39.6. The summed E-state index contributed by atoms with van der Waals surface area (Å²) in [5.74, 6) is 0.377. The topological polar surface area (TPSA) is 68.7 Å². The largest absolute Gasteiger partial charge is 0.461 e. The van der Waals surface area contributed by atoms with Crippen molar-refractivity contribution in [3.05, 3.63) is 11.7 Å². The average molecular weight is 384 g/mol. The Morgan fingerprint density at radius 1 is 1.20 bits per heavy atom. The van der Waals surface area contributed by atoms with Crippen molar-refractivity contribution >= 4 is 28.5 Å². The fraction of sp³-hybridized carbons (Fsp3) is 0.812. The standard InChI is InChI=1S/C16H25BN2O4S2/c1-14(2)15(3,4)23-17(22-14)12-9-16(12)5-7-19(8-6-16)25(20,21)13-10-18-11-24-13/h10-12H,5-9H2,1-4H3. The van der Waals surface area contributed by atoms with Crippen LogP contribution in [0.2, 0.25) is 5.82 Å². The Bertz CT molecular complexity index is 739. The van der Waals surface area contributed by atoms with Gasteiger partial charge in [-0.25, -0.2) is 8.42 Å². The van der Waals surface area contributed by atoms with Crippen molar-refractivity contribution in [2.45, 2.75) is 68.2 Å². The van der Waals surface area contributed by atoms with Crippen molar-refractivity contribution < 1.29 is 17.7 Å². The van der Waals surface area contributed by atoms with E-state index in [1.54, 1.807) is 9.82 Å². The molecule has 0 aromatic carbocycles. The van der Waals surface area contributed by atoms with E-state index >= 15 is 0 Å². The minimum absolute atomic E-state index is 0.172. The molecule has 1 aromatic heterocycles. The second-order valence-corrected chi connectivity index (χ2v) is 11.6. The molecule has 2 aliphatic heterocycles. The van der Waals surface area contributed by atoms with Gasteiger partial charge in [0.2, 0.25) is 0 Å². The van der Waals surface area contributed by atoms with Crippen LogP contribution in [0.3, 0.4) is 0 Å². The van der Waals surface area contributed by atoms with Gasteiger partial charge in [-0.2, -0.15) is 4.31 Å². The van der Waals surface area contributed by atoms with E-state index < -0.39 is 10.0 Å². The molecule has 9 heteroatoms. The van der Waals surface area contributed by atoms with E-state index in [2.05, 4.69) is 32.7 Å². The number of thiazole rings is 1. The van der Waals surface area contributed by atoms with Crippen LogP contribution in [0.25, 0.3) is 0 Å². The molecule has 1 unspecified atom stereocenters. The first kappa shape index (κ1) is 17.9. The molecular formula is C16H25BN2O4S2. The maximum Gasteiger partial charge on any atom is 0.461 e. The Morgan fingerprint density at radius 3 is 2.32 bits per heavy atom. The van der Waals surface area contributed by atoms with E-state index in [4.69, 9.17) is 9.31 Å². The van der Waals surface area contributed by atoms with Gasteiger partial charge < -0.3 is 9.31 Å². The van der Waals surface area contributed by atoms with Crippen LogP contribution >= 0.6 is 11.3 Å². The second-order valence-electron chi connectivity index (χ2n) is 8.52. The van der Waals surface area contributed by atoms with Gasteiger partial charge in [0.1, 0.15) is 0 Å². The summed E-state index contributed by atoms with van der Waals surface area (Å²) in [7, 11) is -3.56. The SMILES string of the molecule is CC1(C)OB(C2CC23CCN(S(=O)(=O)c2cncs2)CC3)OC1(C)C. The number of rotatable bonds is 3. The third kappa shape index (κ3) is 2.79. The van der Waals surface area contributed by atoms with Gasteiger partial charge in [-0.3, -0.25) is 4.98 Å². The lowest BCUT2D eigenvalue weighted by Crippen LogP contribution is -2.41. The zero-order valence-electron chi connectivity index (χ0n) is 15.2. The lowest BCUT2D eigenvalue weighted by molar-refractivity contribution is 0.00578. The van der Waals surface area contributed by atoms with E-state index in [0.717, 1.165) is 19.3 Å². The highest BCUT2D eigenvalue weighted by Gasteiger charge is 2.66. The number of aromatic nitrogens is 1. The summed E-state index contributed by atoms with van der Waals surface area (Å²) in [5.41, 5.74) is 1.13. The fourth-order valence-corrected chi connectivity index (χ4v) is 6.41. The molecule has 0 N–H and O–H groups in total. The van der Waals surface area contributed by atoms with Crippen molar-refractivity contribution in [2.24, 2.45) is 5.41 Å². The molecule has 3 heterocycles. The van der Waals surface area contributed by atoms with Crippen LogP contribution in [0.5, 0.6) is 0 Å². The summed E-state index contributed by atoms with van der Waals surface area (Å²) in [6.45, 7) is 9.43. The summed E-state index contributed by atoms with van der Waals surface area (Å²) in [5, 5.41) is 0. The second kappa shape index (κ2) is 5.51. The van der Waals surface area contributed by atoms with Crippen molar-refractivity contribution in [1.29, 1.82) is 0 Å². The summed E-state index contributed by atoms with van der Waals surface area (Å²) >= 11 is 1.18. The molecule has 3 aliphatic rings. The molecule has 0 radical (unpaired) electrons. The van der Waals surface area contributed by atoms with Gasteiger partial charge in [0, 0.05) is 18.9 Å². The Hall–Kier alpha value is -0.475. The van der Waals surface area contributed by atoms with Gasteiger partial charge in [0.05, 0.1) is 22.9 Å². The van der Waals surface area contributed by atoms with Crippen LogP contribution < -0.4 is 0 Å². The van der Waals surface area contributed by atoms with Crippen LogP contribution in [0.4, 0.5) is 0 Å². The van der Waals surface area contributed by atoms with Crippen molar-refractivity contribution in [3.8, 4) is 0 Å². The highest BCUT2D eigenvalue weighted by molar-refractivity contribution is 7.91. The third-order valence-electron chi connectivity index (χ3n) is 6.57. The van der Waals surface area contributed by atoms with Crippen molar-refractivity contribution in [2.75, 3.05) is 13.1 Å². The minimum Gasteiger partial charge on any atom is -0.403 e. The van der Waals surface area contributed by atoms with Gasteiger partial charge in [0.25, 0.3) is 10.0 Å². The van der Waals surface area contributed by atoms with Crippen LogP contribution in [0.1, 0.15) is 47.0 Å². The minimum atomic E-state index is -3.39. The summed E-state index contributed by atoms with van der Waals surface area (Å²) in [4.78, 5) is 3.90. The van der Waals surface area contributed by atoms with E-state index in [1.165, 1.54) is 17.5 Å². The van der Waals surface area contributed by atoms with Crippen molar-refractivity contribution in [3.63, 3.8) is 0 Å². The predicted molar refractivity (Wildman–Crippen MR) is 97.0 cm³/mol. The van der Waals surface area contributed by atoms with E-state index in [1.807, 2.05) is 0 Å². The molecule has 4 rings (SSSR count). The van der Waals surface area contributed by atoms with E-state index in [0.29, 0.717) is 23.1 Å². The number of sulfonamides is 1. The molecule has 138 valence electrons. The van der Waals surface area contributed by atoms with E-state index in [-0.39, 0.29) is 23.7 Å². The highest BCUT2D eigenvalue weighted by atomic mass is 32.2. The molecule has 2 saturated heterocycles. The molecule has 1 spiro atoms. The average Bonchev–Trinajstić information content (AvgIpc) is 2.90. The lowest BCUT2D eigenvalue weighted by Gasteiger charge is -2.32. The normalized spacial score (nSPS) is 30.7. The maximum atomic E-state index is 12.6. The first-order chi connectivity index (χ1) is 11.6.